The molecule has 0 aliphatic heterocycles. The largest absolute Gasteiger partial charge is 0.362 e. The molecule has 0 saturated carbocycles. The smallest absolute Gasteiger partial charge is 0.188 e. The summed E-state index contributed by atoms with van der Waals surface area (Å²) in [5.41, 5.74) is 3.72. The molecule has 0 aliphatic rings. The van der Waals surface area contributed by atoms with E-state index in [1.807, 2.05) is 29.1 Å². The molecule has 4 aromatic rings. The van der Waals surface area contributed by atoms with Gasteiger partial charge in [0.05, 0.1) is 11.6 Å². The van der Waals surface area contributed by atoms with Gasteiger partial charge in [-0.1, -0.05) is 31.5 Å². The maximum atomic E-state index is 9.41. The Morgan fingerprint density at radius 3 is 2.89 bits per heavy atom. The minimum absolute atomic E-state index is 0.0183. The van der Waals surface area contributed by atoms with Crippen molar-refractivity contribution in [2.75, 3.05) is 5.32 Å². The van der Waals surface area contributed by atoms with Gasteiger partial charge in [-0.2, -0.15) is 10.4 Å². The average Bonchev–Trinajstić information content (AvgIpc) is 3.10. The van der Waals surface area contributed by atoms with E-state index in [0.717, 1.165) is 41.4 Å². The standard InChI is InChI=1S/C21H21N7/c1-3-4-9-28-20-19(18(11-22)27-28)24-13-25-21(20)26-14(2)16-10-15-7-5-6-8-17(15)23-12-16/h5-8,10,12-14H,3-4,9H2,1-2H3,(H,24,25,26)/t14-/m1/s1. The third-order valence-corrected chi connectivity index (χ3v) is 4.82. The van der Waals surface area contributed by atoms with Crippen LogP contribution in [-0.2, 0) is 6.54 Å². The van der Waals surface area contributed by atoms with Crippen molar-refractivity contribution in [1.82, 2.24) is 24.7 Å². The summed E-state index contributed by atoms with van der Waals surface area (Å²) < 4.78 is 1.84. The number of fused-ring (bicyclic) bond motifs is 2. The van der Waals surface area contributed by atoms with Crippen molar-refractivity contribution in [1.29, 1.82) is 5.26 Å². The highest BCUT2D eigenvalue weighted by Crippen LogP contribution is 2.27. The zero-order chi connectivity index (χ0) is 19.5. The Balaban J connectivity index is 1.71. The second-order valence-corrected chi connectivity index (χ2v) is 6.78. The topological polar surface area (TPSA) is 92.3 Å². The highest BCUT2D eigenvalue weighted by atomic mass is 15.3. The lowest BCUT2D eigenvalue weighted by Gasteiger charge is -2.16. The third-order valence-electron chi connectivity index (χ3n) is 4.82. The lowest BCUT2D eigenvalue weighted by Crippen LogP contribution is -2.11. The summed E-state index contributed by atoms with van der Waals surface area (Å²) in [4.78, 5) is 13.3. The van der Waals surface area contributed by atoms with Gasteiger partial charge in [0.2, 0.25) is 0 Å². The van der Waals surface area contributed by atoms with E-state index in [4.69, 9.17) is 0 Å². The fourth-order valence-electron chi connectivity index (χ4n) is 3.28. The van der Waals surface area contributed by atoms with Crippen molar-refractivity contribution >= 4 is 27.8 Å². The van der Waals surface area contributed by atoms with Crippen LogP contribution in [0.1, 0.15) is 44.0 Å². The van der Waals surface area contributed by atoms with Gasteiger partial charge in [0, 0.05) is 18.1 Å². The van der Waals surface area contributed by atoms with E-state index in [1.54, 1.807) is 0 Å². The van der Waals surface area contributed by atoms with E-state index in [-0.39, 0.29) is 6.04 Å². The summed E-state index contributed by atoms with van der Waals surface area (Å²) in [6.45, 7) is 4.92. The summed E-state index contributed by atoms with van der Waals surface area (Å²) >= 11 is 0. The highest BCUT2D eigenvalue weighted by Gasteiger charge is 2.18. The number of aromatic nitrogens is 5. The molecule has 1 N–H and O–H groups in total. The van der Waals surface area contributed by atoms with Gasteiger partial charge in [0.1, 0.15) is 23.4 Å². The van der Waals surface area contributed by atoms with Crippen LogP contribution in [0.2, 0.25) is 0 Å². The predicted octanol–water partition coefficient (Wildman–Crippen LogP) is 4.22. The number of nitrogens with one attached hydrogen (secondary N) is 1. The van der Waals surface area contributed by atoms with E-state index >= 15 is 0 Å². The van der Waals surface area contributed by atoms with Crippen molar-refractivity contribution < 1.29 is 0 Å². The van der Waals surface area contributed by atoms with Gasteiger partial charge in [0.25, 0.3) is 0 Å². The van der Waals surface area contributed by atoms with Crippen LogP contribution in [0.4, 0.5) is 5.82 Å². The maximum absolute atomic E-state index is 9.41. The quantitative estimate of drug-likeness (QED) is 0.545. The zero-order valence-corrected chi connectivity index (χ0v) is 15.9. The number of nitrogens with zero attached hydrogens (tertiary/aromatic N) is 6. The monoisotopic (exact) mass is 371 g/mol. The van der Waals surface area contributed by atoms with Crippen LogP contribution in [0, 0.1) is 11.3 Å². The number of rotatable bonds is 6. The first-order valence-corrected chi connectivity index (χ1v) is 9.44. The van der Waals surface area contributed by atoms with E-state index < -0.39 is 0 Å². The molecule has 3 heterocycles. The molecule has 7 heteroatoms. The molecule has 28 heavy (non-hydrogen) atoms. The second kappa shape index (κ2) is 7.61. The molecule has 0 fully saturated rings. The number of benzene rings is 1. The van der Waals surface area contributed by atoms with Crippen molar-refractivity contribution in [2.45, 2.75) is 39.3 Å². The van der Waals surface area contributed by atoms with Gasteiger partial charge in [-0.3, -0.25) is 9.67 Å². The van der Waals surface area contributed by atoms with Gasteiger partial charge >= 0.3 is 0 Å². The van der Waals surface area contributed by atoms with E-state index in [2.05, 4.69) is 57.4 Å². The van der Waals surface area contributed by atoms with Crippen molar-refractivity contribution in [2.24, 2.45) is 0 Å². The number of hydrogen-bond acceptors (Lipinski definition) is 6. The van der Waals surface area contributed by atoms with E-state index in [9.17, 15) is 5.26 Å². The molecule has 4 rings (SSSR count). The first-order chi connectivity index (χ1) is 13.7. The molecule has 0 aliphatic carbocycles. The number of para-hydroxylation sites is 1. The molecule has 1 atom stereocenters. The average molecular weight is 371 g/mol. The minimum atomic E-state index is -0.0183. The van der Waals surface area contributed by atoms with Gasteiger partial charge in [0.15, 0.2) is 11.5 Å². The summed E-state index contributed by atoms with van der Waals surface area (Å²) in [6, 6.07) is 12.3. The summed E-state index contributed by atoms with van der Waals surface area (Å²) in [7, 11) is 0. The molecule has 0 saturated heterocycles. The second-order valence-electron chi connectivity index (χ2n) is 6.78. The van der Waals surface area contributed by atoms with Crippen LogP contribution in [0.25, 0.3) is 21.9 Å². The van der Waals surface area contributed by atoms with E-state index in [1.165, 1.54) is 6.33 Å². The molecule has 140 valence electrons. The first-order valence-electron chi connectivity index (χ1n) is 9.44. The fraction of sp³-hybridized carbons (Fsp3) is 0.286. The molecule has 1 aromatic carbocycles. The van der Waals surface area contributed by atoms with Gasteiger partial charge in [-0.15, -0.1) is 0 Å². The number of nitriles is 1. The highest BCUT2D eigenvalue weighted by molar-refractivity contribution is 5.89. The Morgan fingerprint density at radius 1 is 1.21 bits per heavy atom. The van der Waals surface area contributed by atoms with Crippen molar-refractivity contribution in [3.63, 3.8) is 0 Å². The molecular formula is C21H21N7. The van der Waals surface area contributed by atoms with Crippen molar-refractivity contribution in [3.8, 4) is 6.07 Å². The fourth-order valence-corrected chi connectivity index (χ4v) is 3.28. The number of pyridine rings is 1. The molecular weight excluding hydrogens is 350 g/mol. The third kappa shape index (κ3) is 3.25. The molecule has 0 bridgehead atoms. The normalized spacial score (nSPS) is 12.2. The van der Waals surface area contributed by atoms with E-state index in [0.29, 0.717) is 17.0 Å². The minimum Gasteiger partial charge on any atom is -0.362 e. The SMILES string of the molecule is CCCCn1nc(C#N)c2ncnc(N[C@H](C)c3cnc4ccccc4c3)c21. The van der Waals surface area contributed by atoms with Crippen LogP contribution in [0.15, 0.2) is 42.9 Å². The van der Waals surface area contributed by atoms with Gasteiger partial charge in [-0.25, -0.2) is 9.97 Å². The first kappa shape index (κ1) is 17.9. The molecule has 0 spiro atoms. The molecule has 0 radical (unpaired) electrons. The van der Waals surface area contributed by atoms with Crippen LogP contribution in [0.3, 0.4) is 0 Å². The van der Waals surface area contributed by atoms with Gasteiger partial charge in [-0.05, 0) is 31.0 Å². The van der Waals surface area contributed by atoms with Crippen LogP contribution in [0.5, 0.6) is 0 Å². The van der Waals surface area contributed by atoms with Crippen LogP contribution >= 0.6 is 0 Å². The summed E-state index contributed by atoms with van der Waals surface area (Å²) in [5, 5.41) is 18.4. The number of anilines is 1. The number of hydrogen-bond donors (Lipinski definition) is 1. The number of aryl methyl sites for hydroxylation is 1. The molecule has 0 unspecified atom stereocenters. The lowest BCUT2D eigenvalue weighted by atomic mass is 10.1. The summed E-state index contributed by atoms with van der Waals surface area (Å²) in [5.74, 6) is 0.677. The molecule has 0 amide bonds. The Kier molecular flexibility index (Phi) is 4.85. The van der Waals surface area contributed by atoms with Crippen LogP contribution in [-0.4, -0.2) is 24.7 Å². The van der Waals surface area contributed by atoms with Crippen molar-refractivity contribution in [3.05, 3.63) is 54.1 Å². The maximum Gasteiger partial charge on any atom is 0.188 e. The molecule has 7 nitrogen and oxygen atoms in total. The number of unbranched alkanes of at least 4 members (excludes halogenated alkanes) is 1. The Hall–Kier alpha value is -3.53. The lowest BCUT2D eigenvalue weighted by molar-refractivity contribution is 0.586. The van der Waals surface area contributed by atoms with Gasteiger partial charge < -0.3 is 5.32 Å². The Morgan fingerprint density at radius 2 is 2.07 bits per heavy atom. The Labute approximate surface area is 163 Å². The summed E-state index contributed by atoms with van der Waals surface area (Å²) in [6.07, 6.45) is 5.37. The van der Waals surface area contributed by atoms with Crippen LogP contribution < -0.4 is 5.32 Å². The zero-order valence-electron chi connectivity index (χ0n) is 15.9. The Bertz CT molecular complexity index is 1170. The molecule has 3 aromatic heterocycles. The predicted molar refractivity (Wildman–Crippen MR) is 109 cm³/mol.